The largest absolute Gasteiger partial charge is 0.465 e. The molecule has 1 aliphatic carbocycles. The van der Waals surface area contributed by atoms with Crippen LogP contribution in [-0.4, -0.2) is 35.3 Å². The molecule has 0 spiro atoms. The van der Waals surface area contributed by atoms with Crippen molar-refractivity contribution in [3.05, 3.63) is 93.4 Å². The highest BCUT2D eigenvalue weighted by atomic mass is 35.5. The second kappa shape index (κ2) is 8.31. The van der Waals surface area contributed by atoms with Crippen LogP contribution in [0.3, 0.4) is 0 Å². The van der Waals surface area contributed by atoms with Gasteiger partial charge in [-0.3, -0.25) is 9.13 Å². The van der Waals surface area contributed by atoms with Crippen LogP contribution in [-0.2, 0) is 10.3 Å². The van der Waals surface area contributed by atoms with E-state index in [4.69, 9.17) is 16.3 Å². The molecule has 1 saturated heterocycles. The van der Waals surface area contributed by atoms with E-state index in [-0.39, 0.29) is 11.7 Å². The monoisotopic (exact) mass is 487 g/mol. The van der Waals surface area contributed by atoms with Gasteiger partial charge in [-0.25, -0.2) is 9.59 Å². The minimum absolute atomic E-state index is 0.114. The summed E-state index contributed by atoms with van der Waals surface area (Å²) in [4.78, 5) is 28.6. The molecule has 2 aliphatic rings. The summed E-state index contributed by atoms with van der Waals surface area (Å²) in [5.74, 6) is -0.387. The van der Waals surface area contributed by atoms with Crippen molar-refractivity contribution < 1.29 is 9.53 Å². The average Bonchev–Trinajstić information content (AvgIpc) is 3.37. The molecule has 6 rings (SSSR count). The fourth-order valence-electron chi connectivity index (χ4n) is 5.44. The van der Waals surface area contributed by atoms with E-state index >= 15 is 0 Å². The molecule has 0 radical (unpaired) electrons. The van der Waals surface area contributed by atoms with Gasteiger partial charge in [-0.15, -0.1) is 0 Å². The van der Waals surface area contributed by atoms with Crippen molar-refractivity contribution in [3.63, 3.8) is 0 Å². The third kappa shape index (κ3) is 3.55. The SMILES string of the molecule is COC(=O)c1cccc(C2(n3c(=O)n(-c4ccc(N5CCCC5)cc4)c4cc(Cl)ccc43)CC2)c1. The van der Waals surface area contributed by atoms with Crippen molar-refractivity contribution in [2.24, 2.45) is 0 Å². The molecule has 7 heteroatoms. The van der Waals surface area contributed by atoms with Crippen LogP contribution in [0.15, 0.2) is 71.5 Å². The van der Waals surface area contributed by atoms with Crippen LogP contribution < -0.4 is 10.6 Å². The predicted molar refractivity (Wildman–Crippen MR) is 138 cm³/mol. The number of methoxy groups -OCH3 is 1. The lowest BCUT2D eigenvalue weighted by Crippen LogP contribution is -2.32. The molecule has 0 atom stereocenters. The molecule has 0 bridgehead atoms. The lowest BCUT2D eigenvalue weighted by Gasteiger charge is -2.19. The molecule has 35 heavy (non-hydrogen) atoms. The number of anilines is 1. The molecule has 4 aromatic rings. The Morgan fingerprint density at radius 1 is 0.914 bits per heavy atom. The van der Waals surface area contributed by atoms with Crippen molar-refractivity contribution in [3.8, 4) is 5.69 Å². The normalized spacial score (nSPS) is 16.6. The van der Waals surface area contributed by atoms with Gasteiger partial charge in [-0.1, -0.05) is 23.7 Å². The van der Waals surface area contributed by atoms with Crippen LogP contribution in [0.5, 0.6) is 0 Å². The van der Waals surface area contributed by atoms with Gasteiger partial charge in [0, 0.05) is 23.8 Å². The lowest BCUT2D eigenvalue weighted by molar-refractivity contribution is 0.0600. The van der Waals surface area contributed by atoms with Crippen LogP contribution in [0, 0.1) is 0 Å². The fraction of sp³-hybridized carbons (Fsp3) is 0.286. The number of nitrogens with zero attached hydrogens (tertiary/aromatic N) is 3. The van der Waals surface area contributed by atoms with Crippen molar-refractivity contribution in [2.45, 2.75) is 31.2 Å². The Balaban J connectivity index is 1.51. The maximum atomic E-state index is 14.1. The maximum Gasteiger partial charge on any atom is 0.337 e. The van der Waals surface area contributed by atoms with Crippen molar-refractivity contribution >= 4 is 34.3 Å². The first-order chi connectivity index (χ1) is 17.0. The van der Waals surface area contributed by atoms with E-state index in [2.05, 4.69) is 17.0 Å². The van der Waals surface area contributed by atoms with E-state index in [1.165, 1.54) is 25.6 Å². The highest BCUT2D eigenvalue weighted by Gasteiger charge is 2.49. The Hall–Kier alpha value is -3.51. The van der Waals surface area contributed by atoms with E-state index in [9.17, 15) is 9.59 Å². The minimum atomic E-state index is -0.506. The quantitative estimate of drug-likeness (QED) is 0.355. The van der Waals surface area contributed by atoms with Crippen molar-refractivity contribution in [2.75, 3.05) is 25.1 Å². The topological polar surface area (TPSA) is 56.5 Å². The molecule has 0 amide bonds. The number of benzene rings is 3. The zero-order valence-electron chi connectivity index (χ0n) is 19.5. The number of carbonyl (C=O) groups excluding carboxylic acids is 1. The summed E-state index contributed by atoms with van der Waals surface area (Å²) in [5, 5.41) is 0.578. The van der Waals surface area contributed by atoms with E-state index in [1.807, 2.05) is 53.1 Å². The van der Waals surface area contributed by atoms with E-state index in [0.29, 0.717) is 10.6 Å². The molecule has 3 aromatic carbocycles. The molecule has 2 heterocycles. The van der Waals surface area contributed by atoms with Gasteiger partial charge in [0.1, 0.15) is 0 Å². The smallest absolute Gasteiger partial charge is 0.337 e. The van der Waals surface area contributed by atoms with Crippen LogP contribution in [0.2, 0.25) is 5.02 Å². The number of halogens is 1. The Kier molecular flexibility index (Phi) is 5.22. The summed E-state index contributed by atoms with van der Waals surface area (Å²) < 4.78 is 8.54. The average molecular weight is 488 g/mol. The maximum absolute atomic E-state index is 14.1. The molecular weight excluding hydrogens is 462 g/mol. The molecule has 178 valence electrons. The van der Waals surface area contributed by atoms with Gasteiger partial charge in [-0.2, -0.15) is 0 Å². The van der Waals surface area contributed by atoms with Crippen LogP contribution in [0.1, 0.15) is 41.6 Å². The number of hydrogen-bond acceptors (Lipinski definition) is 4. The van der Waals surface area contributed by atoms with Crippen LogP contribution in [0.25, 0.3) is 16.7 Å². The van der Waals surface area contributed by atoms with E-state index in [1.54, 1.807) is 10.6 Å². The zero-order valence-corrected chi connectivity index (χ0v) is 20.3. The highest BCUT2D eigenvalue weighted by Crippen LogP contribution is 2.50. The second-order valence-electron chi connectivity index (χ2n) is 9.40. The Morgan fingerprint density at radius 3 is 2.31 bits per heavy atom. The molecular formula is C28H26ClN3O3. The van der Waals surface area contributed by atoms with Crippen LogP contribution in [0.4, 0.5) is 5.69 Å². The Bertz CT molecular complexity index is 1490. The number of imidazole rings is 1. The van der Waals surface area contributed by atoms with Gasteiger partial charge in [0.05, 0.1) is 34.9 Å². The number of fused-ring (bicyclic) bond motifs is 1. The number of carbonyl (C=O) groups is 1. The molecule has 0 unspecified atom stereocenters. The fourth-order valence-corrected chi connectivity index (χ4v) is 5.60. The first-order valence-corrected chi connectivity index (χ1v) is 12.4. The minimum Gasteiger partial charge on any atom is -0.465 e. The summed E-state index contributed by atoms with van der Waals surface area (Å²) in [6.45, 7) is 2.14. The third-order valence-electron chi connectivity index (χ3n) is 7.35. The molecule has 0 N–H and O–H groups in total. The van der Waals surface area contributed by atoms with Crippen molar-refractivity contribution in [1.82, 2.24) is 9.13 Å². The summed E-state index contributed by atoms with van der Waals surface area (Å²) in [6.07, 6.45) is 4.05. The van der Waals surface area contributed by atoms with Crippen LogP contribution >= 0.6 is 11.6 Å². The molecule has 2 fully saturated rings. The number of aromatic nitrogens is 2. The van der Waals surface area contributed by atoms with Gasteiger partial charge in [0.2, 0.25) is 0 Å². The summed E-state index contributed by atoms with van der Waals surface area (Å²) in [7, 11) is 1.37. The summed E-state index contributed by atoms with van der Waals surface area (Å²) in [5.41, 5.74) is 4.37. The molecule has 6 nitrogen and oxygen atoms in total. The number of hydrogen-bond donors (Lipinski definition) is 0. The standard InChI is InChI=1S/C28H26ClN3O3/c1-35-26(33)19-5-4-6-20(17-19)28(13-14-28)32-24-12-7-21(29)18-25(24)31(27(32)34)23-10-8-22(9-11-23)30-15-2-3-16-30/h4-12,17-18H,2-3,13-16H2,1H3. The number of ether oxygens (including phenoxy) is 1. The first-order valence-electron chi connectivity index (χ1n) is 12.0. The van der Waals surface area contributed by atoms with Crippen molar-refractivity contribution in [1.29, 1.82) is 0 Å². The first kappa shape index (κ1) is 22.0. The van der Waals surface area contributed by atoms with Gasteiger partial charge >= 0.3 is 11.7 Å². The zero-order chi connectivity index (χ0) is 24.2. The predicted octanol–water partition coefficient (Wildman–Crippen LogP) is 5.37. The molecule has 1 aromatic heterocycles. The van der Waals surface area contributed by atoms with Gasteiger partial charge < -0.3 is 9.64 Å². The van der Waals surface area contributed by atoms with Gasteiger partial charge in [-0.05, 0) is 85.8 Å². The van der Waals surface area contributed by atoms with Gasteiger partial charge in [0.25, 0.3) is 0 Å². The Morgan fingerprint density at radius 2 is 1.63 bits per heavy atom. The summed E-state index contributed by atoms with van der Waals surface area (Å²) >= 11 is 6.39. The second-order valence-corrected chi connectivity index (χ2v) is 9.84. The van der Waals surface area contributed by atoms with E-state index in [0.717, 1.165) is 48.2 Å². The highest BCUT2D eigenvalue weighted by molar-refractivity contribution is 6.31. The summed E-state index contributed by atoms with van der Waals surface area (Å²) in [6, 6.07) is 21.2. The number of esters is 1. The van der Waals surface area contributed by atoms with E-state index < -0.39 is 5.54 Å². The molecule has 1 saturated carbocycles. The lowest BCUT2D eigenvalue weighted by atomic mass is 10.0. The van der Waals surface area contributed by atoms with Gasteiger partial charge in [0.15, 0.2) is 0 Å². The Labute approximate surface area is 208 Å². The third-order valence-corrected chi connectivity index (χ3v) is 7.59. The number of rotatable bonds is 5. The molecule has 1 aliphatic heterocycles.